The van der Waals surface area contributed by atoms with E-state index in [2.05, 4.69) is 11.7 Å². The molecule has 1 saturated carbocycles. The van der Waals surface area contributed by atoms with Crippen LogP contribution in [0.3, 0.4) is 0 Å². The first-order valence-corrected chi connectivity index (χ1v) is 5.55. The van der Waals surface area contributed by atoms with Crippen LogP contribution in [0, 0.1) is 0 Å². The summed E-state index contributed by atoms with van der Waals surface area (Å²) < 4.78 is 6.62. The third-order valence-corrected chi connectivity index (χ3v) is 2.75. The van der Waals surface area contributed by atoms with E-state index in [4.69, 9.17) is 4.74 Å². The largest absolute Gasteiger partial charge is 0.461 e. The number of aromatic nitrogens is 2. The van der Waals surface area contributed by atoms with Gasteiger partial charge in [0.1, 0.15) is 0 Å². The van der Waals surface area contributed by atoms with E-state index in [-0.39, 0.29) is 5.97 Å². The fourth-order valence-electron chi connectivity index (χ4n) is 1.86. The molecular formula is C12H16N2O2. The van der Waals surface area contributed by atoms with Crippen LogP contribution in [0.2, 0.25) is 0 Å². The number of aryl methyl sites for hydroxylation is 1. The van der Waals surface area contributed by atoms with Crippen molar-refractivity contribution in [2.24, 2.45) is 7.05 Å². The van der Waals surface area contributed by atoms with E-state index < -0.39 is 0 Å². The van der Waals surface area contributed by atoms with Crippen molar-refractivity contribution in [1.29, 1.82) is 0 Å². The molecule has 1 aliphatic carbocycles. The Morgan fingerprint density at radius 3 is 2.88 bits per heavy atom. The Bertz CT molecular complexity index is 430. The summed E-state index contributed by atoms with van der Waals surface area (Å²) in [5, 5.41) is 4.39. The van der Waals surface area contributed by atoms with Crippen molar-refractivity contribution >= 4 is 12.0 Å². The van der Waals surface area contributed by atoms with Crippen LogP contribution in [0.5, 0.6) is 0 Å². The van der Waals surface area contributed by atoms with Gasteiger partial charge in [-0.15, -0.1) is 0 Å². The van der Waals surface area contributed by atoms with E-state index in [9.17, 15) is 4.79 Å². The molecule has 16 heavy (non-hydrogen) atoms. The molecule has 0 aromatic carbocycles. The predicted octanol–water partition coefficient (Wildman–Crippen LogP) is 2.12. The summed E-state index contributed by atoms with van der Waals surface area (Å²) in [6, 6.07) is 0. The van der Waals surface area contributed by atoms with Crippen LogP contribution in [-0.4, -0.2) is 22.4 Å². The van der Waals surface area contributed by atoms with Gasteiger partial charge in [0.2, 0.25) is 0 Å². The molecule has 0 bridgehead atoms. The molecule has 4 nitrogen and oxygen atoms in total. The highest BCUT2D eigenvalue weighted by Crippen LogP contribution is 2.41. The number of carbonyl (C=O) groups excluding carboxylic acids is 1. The van der Waals surface area contributed by atoms with Gasteiger partial charge in [-0.05, 0) is 19.8 Å². The molecule has 86 valence electrons. The first-order valence-electron chi connectivity index (χ1n) is 5.55. The third-order valence-electron chi connectivity index (χ3n) is 2.75. The van der Waals surface area contributed by atoms with Crippen LogP contribution >= 0.6 is 0 Å². The molecule has 0 unspecified atom stereocenters. The first kappa shape index (κ1) is 10.9. The molecule has 1 aromatic heterocycles. The second kappa shape index (κ2) is 4.12. The molecule has 1 aliphatic rings. The van der Waals surface area contributed by atoms with Gasteiger partial charge >= 0.3 is 5.97 Å². The fraction of sp³-hybridized carbons (Fsp3) is 0.500. The average molecular weight is 220 g/mol. The summed E-state index contributed by atoms with van der Waals surface area (Å²) >= 11 is 0. The lowest BCUT2D eigenvalue weighted by Crippen LogP contribution is -2.11. The highest BCUT2D eigenvalue weighted by molar-refractivity contribution is 5.92. The van der Waals surface area contributed by atoms with Crippen molar-refractivity contribution in [1.82, 2.24) is 9.78 Å². The number of esters is 1. The van der Waals surface area contributed by atoms with Gasteiger partial charge in [0.05, 0.1) is 12.3 Å². The minimum atomic E-state index is -0.320. The van der Waals surface area contributed by atoms with E-state index in [1.807, 2.05) is 0 Å². The van der Waals surface area contributed by atoms with Gasteiger partial charge in [-0.3, -0.25) is 4.68 Å². The smallest absolute Gasteiger partial charge is 0.357 e. The lowest BCUT2D eigenvalue weighted by molar-refractivity contribution is 0.0513. The van der Waals surface area contributed by atoms with Crippen molar-refractivity contribution in [3.63, 3.8) is 0 Å². The summed E-state index contributed by atoms with van der Waals surface area (Å²) in [5.41, 5.74) is 2.34. The molecule has 0 spiro atoms. The van der Waals surface area contributed by atoms with Crippen LogP contribution in [0.1, 0.15) is 47.4 Å². The van der Waals surface area contributed by atoms with E-state index in [1.165, 1.54) is 0 Å². The van der Waals surface area contributed by atoms with Crippen LogP contribution in [-0.2, 0) is 11.8 Å². The zero-order valence-corrected chi connectivity index (χ0v) is 9.69. The van der Waals surface area contributed by atoms with Crippen molar-refractivity contribution in [2.75, 3.05) is 6.61 Å². The van der Waals surface area contributed by atoms with Crippen LogP contribution in [0.15, 0.2) is 6.58 Å². The van der Waals surface area contributed by atoms with Gasteiger partial charge < -0.3 is 4.74 Å². The molecule has 1 fully saturated rings. The van der Waals surface area contributed by atoms with E-state index >= 15 is 0 Å². The molecule has 0 amide bonds. The number of carbonyl (C=O) groups is 1. The van der Waals surface area contributed by atoms with Gasteiger partial charge in [0.25, 0.3) is 0 Å². The maximum Gasteiger partial charge on any atom is 0.357 e. The predicted molar refractivity (Wildman–Crippen MR) is 61.2 cm³/mol. The minimum absolute atomic E-state index is 0.320. The quantitative estimate of drug-likeness (QED) is 0.730. The highest BCUT2D eigenvalue weighted by atomic mass is 16.5. The van der Waals surface area contributed by atoms with Crippen LogP contribution in [0.4, 0.5) is 0 Å². The van der Waals surface area contributed by atoms with Gasteiger partial charge in [0, 0.05) is 18.5 Å². The molecule has 0 aliphatic heterocycles. The molecule has 0 saturated heterocycles. The SMILES string of the molecule is C=Cc1c(C2CC2)nn(C)c1C(=O)OCC. The zero-order chi connectivity index (χ0) is 11.7. The maximum absolute atomic E-state index is 11.8. The van der Waals surface area contributed by atoms with Gasteiger partial charge in [0.15, 0.2) is 5.69 Å². The Morgan fingerprint density at radius 2 is 2.38 bits per heavy atom. The number of hydrogen-bond acceptors (Lipinski definition) is 3. The monoisotopic (exact) mass is 220 g/mol. The average Bonchev–Trinajstić information content (AvgIpc) is 3.02. The zero-order valence-electron chi connectivity index (χ0n) is 9.69. The van der Waals surface area contributed by atoms with E-state index in [0.717, 1.165) is 24.1 Å². The third kappa shape index (κ3) is 1.75. The Balaban J connectivity index is 2.42. The molecule has 0 radical (unpaired) electrons. The fourth-order valence-corrected chi connectivity index (χ4v) is 1.86. The molecule has 1 aromatic rings. The standard InChI is InChI=1S/C12H16N2O2/c1-4-9-10(8-6-7-8)13-14(3)11(9)12(15)16-5-2/h4,8H,1,5-7H2,2-3H3. The summed E-state index contributed by atoms with van der Waals surface area (Å²) in [7, 11) is 1.77. The Morgan fingerprint density at radius 1 is 1.69 bits per heavy atom. The summed E-state index contributed by atoms with van der Waals surface area (Å²) in [6.45, 7) is 5.93. The van der Waals surface area contributed by atoms with Crippen LogP contribution in [0.25, 0.3) is 6.08 Å². The van der Waals surface area contributed by atoms with Crippen molar-refractivity contribution in [3.8, 4) is 0 Å². The lowest BCUT2D eigenvalue weighted by Gasteiger charge is -2.02. The Hall–Kier alpha value is -1.58. The van der Waals surface area contributed by atoms with Gasteiger partial charge in [-0.2, -0.15) is 5.10 Å². The van der Waals surface area contributed by atoms with Crippen molar-refractivity contribution in [3.05, 3.63) is 23.5 Å². The second-order valence-corrected chi connectivity index (χ2v) is 3.97. The normalized spacial score (nSPS) is 14.9. The van der Waals surface area contributed by atoms with Crippen molar-refractivity contribution in [2.45, 2.75) is 25.7 Å². The minimum Gasteiger partial charge on any atom is -0.461 e. The summed E-state index contributed by atoms with van der Waals surface area (Å²) in [6.07, 6.45) is 4.01. The molecule has 1 heterocycles. The Labute approximate surface area is 94.9 Å². The molecule has 2 rings (SSSR count). The van der Waals surface area contributed by atoms with E-state index in [0.29, 0.717) is 18.2 Å². The number of hydrogen-bond donors (Lipinski definition) is 0. The van der Waals surface area contributed by atoms with Gasteiger partial charge in [-0.1, -0.05) is 12.7 Å². The summed E-state index contributed by atoms with van der Waals surface area (Å²) in [5.74, 6) is 0.182. The number of nitrogens with zero attached hydrogens (tertiary/aromatic N) is 2. The maximum atomic E-state index is 11.8. The molecule has 4 heteroatoms. The number of ether oxygens (including phenoxy) is 1. The van der Waals surface area contributed by atoms with Crippen molar-refractivity contribution < 1.29 is 9.53 Å². The molecule has 0 atom stereocenters. The first-order chi connectivity index (χ1) is 7.69. The van der Waals surface area contributed by atoms with Gasteiger partial charge in [-0.25, -0.2) is 4.79 Å². The number of rotatable bonds is 4. The highest BCUT2D eigenvalue weighted by Gasteiger charge is 2.32. The Kier molecular flexibility index (Phi) is 2.81. The topological polar surface area (TPSA) is 44.1 Å². The second-order valence-electron chi connectivity index (χ2n) is 3.97. The summed E-state index contributed by atoms with van der Waals surface area (Å²) in [4.78, 5) is 11.8. The molecule has 0 N–H and O–H groups in total. The molecular weight excluding hydrogens is 204 g/mol. The van der Waals surface area contributed by atoms with E-state index in [1.54, 1.807) is 24.7 Å². The lowest BCUT2D eigenvalue weighted by atomic mass is 10.1. The van der Waals surface area contributed by atoms with Crippen LogP contribution < -0.4 is 0 Å².